The largest absolute Gasteiger partial charge is 0.324 e. The molecule has 0 aliphatic rings. The number of rotatable bonds is 7. The molecule has 3 aromatic carbocycles. The first-order valence-electron chi connectivity index (χ1n) is 9.95. The lowest BCUT2D eigenvalue weighted by atomic mass is 10.1. The fraction of sp³-hybridized carbons (Fsp3) is 0.208. The number of aryl methyl sites for hydroxylation is 3. The van der Waals surface area contributed by atoms with Crippen LogP contribution in [0.3, 0.4) is 0 Å². The van der Waals surface area contributed by atoms with Crippen molar-refractivity contribution in [2.24, 2.45) is 0 Å². The zero-order valence-corrected chi connectivity index (χ0v) is 20.4. The average molecular weight is 491 g/mol. The van der Waals surface area contributed by atoms with Crippen LogP contribution in [0.4, 0.5) is 5.69 Å². The van der Waals surface area contributed by atoms with Crippen molar-refractivity contribution in [2.75, 3.05) is 11.9 Å². The molecule has 1 amide bonds. The molecular formula is C24H24Cl2N2O3S. The Morgan fingerprint density at radius 3 is 2.12 bits per heavy atom. The molecule has 0 saturated heterocycles. The molecule has 0 saturated carbocycles. The summed E-state index contributed by atoms with van der Waals surface area (Å²) < 4.78 is 28.0. The lowest BCUT2D eigenvalue weighted by Gasteiger charge is -2.23. The third-order valence-electron chi connectivity index (χ3n) is 5.07. The summed E-state index contributed by atoms with van der Waals surface area (Å²) in [6, 6.07) is 17.1. The van der Waals surface area contributed by atoms with Gasteiger partial charge in [0.2, 0.25) is 15.9 Å². The summed E-state index contributed by atoms with van der Waals surface area (Å²) >= 11 is 12.1. The molecule has 3 aromatic rings. The molecule has 0 aliphatic carbocycles. The van der Waals surface area contributed by atoms with Gasteiger partial charge in [-0.05, 0) is 61.7 Å². The van der Waals surface area contributed by atoms with E-state index in [4.69, 9.17) is 23.2 Å². The van der Waals surface area contributed by atoms with Gasteiger partial charge in [0.05, 0.1) is 21.5 Å². The molecule has 0 bridgehead atoms. The molecule has 0 aliphatic heterocycles. The highest BCUT2D eigenvalue weighted by atomic mass is 35.5. The van der Waals surface area contributed by atoms with Crippen LogP contribution < -0.4 is 5.32 Å². The number of halogens is 2. The summed E-state index contributed by atoms with van der Waals surface area (Å²) in [4.78, 5) is 13.0. The number of carbonyl (C=O) groups excluding carboxylic acids is 1. The molecule has 32 heavy (non-hydrogen) atoms. The van der Waals surface area contributed by atoms with Crippen LogP contribution in [0.2, 0.25) is 10.0 Å². The van der Waals surface area contributed by atoms with Gasteiger partial charge in [0.15, 0.2) is 0 Å². The van der Waals surface area contributed by atoms with Crippen LogP contribution >= 0.6 is 23.2 Å². The number of nitrogens with zero attached hydrogens (tertiary/aromatic N) is 1. The standard InChI is InChI=1S/C24H24Cl2N2O3S/c1-16-7-10-20(11-8-16)32(30,31)28(14-19-9-12-21(25)22(26)13-19)15-23(29)27-24-17(2)5-4-6-18(24)3/h4-13H,14-15H2,1-3H3,(H,27,29). The molecule has 0 heterocycles. The van der Waals surface area contributed by atoms with E-state index < -0.39 is 15.9 Å². The first-order chi connectivity index (χ1) is 15.1. The van der Waals surface area contributed by atoms with E-state index >= 15 is 0 Å². The molecule has 0 unspecified atom stereocenters. The number of para-hydroxylation sites is 1. The highest BCUT2D eigenvalue weighted by Crippen LogP contribution is 2.26. The van der Waals surface area contributed by atoms with Crippen LogP contribution in [0.25, 0.3) is 0 Å². The van der Waals surface area contributed by atoms with E-state index in [0.29, 0.717) is 21.3 Å². The molecule has 0 fully saturated rings. The predicted octanol–water partition coefficient (Wildman–Crippen LogP) is 5.75. The summed E-state index contributed by atoms with van der Waals surface area (Å²) in [6.45, 7) is 5.26. The van der Waals surface area contributed by atoms with Crippen molar-refractivity contribution in [3.05, 3.63) is 93.0 Å². The second-order valence-electron chi connectivity index (χ2n) is 7.65. The molecule has 8 heteroatoms. The van der Waals surface area contributed by atoms with Gasteiger partial charge < -0.3 is 5.32 Å². The van der Waals surface area contributed by atoms with Crippen molar-refractivity contribution < 1.29 is 13.2 Å². The van der Waals surface area contributed by atoms with E-state index in [-0.39, 0.29) is 18.0 Å². The van der Waals surface area contributed by atoms with Crippen molar-refractivity contribution in [1.29, 1.82) is 0 Å². The van der Waals surface area contributed by atoms with Crippen LogP contribution in [0, 0.1) is 20.8 Å². The molecule has 0 spiro atoms. The first kappa shape index (κ1) is 24.3. The third kappa shape index (κ3) is 5.70. The van der Waals surface area contributed by atoms with Gasteiger partial charge in [-0.25, -0.2) is 8.42 Å². The second kappa shape index (κ2) is 10.0. The normalized spacial score (nSPS) is 11.6. The molecule has 5 nitrogen and oxygen atoms in total. The maximum Gasteiger partial charge on any atom is 0.243 e. The van der Waals surface area contributed by atoms with Crippen molar-refractivity contribution >= 4 is 44.8 Å². The SMILES string of the molecule is Cc1ccc(S(=O)(=O)N(CC(=O)Nc2c(C)cccc2C)Cc2ccc(Cl)c(Cl)c2)cc1. The maximum atomic E-state index is 13.4. The van der Waals surface area contributed by atoms with E-state index in [1.165, 1.54) is 12.1 Å². The van der Waals surface area contributed by atoms with E-state index in [1.54, 1.807) is 30.3 Å². The number of amides is 1. The maximum absolute atomic E-state index is 13.4. The molecule has 0 atom stereocenters. The summed E-state index contributed by atoms with van der Waals surface area (Å²) in [7, 11) is -3.95. The Morgan fingerprint density at radius 1 is 0.906 bits per heavy atom. The monoisotopic (exact) mass is 490 g/mol. The van der Waals surface area contributed by atoms with Gasteiger partial charge in [-0.1, -0.05) is 65.2 Å². The number of nitrogens with one attached hydrogen (secondary N) is 1. The van der Waals surface area contributed by atoms with Crippen molar-refractivity contribution in [3.8, 4) is 0 Å². The van der Waals surface area contributed by atoms with Crippen molar-refractivity contribution in [3.63, 3.8) is 0 Å². The Hall–Kier alpha value is -2.38. The summed E-state index contributed by atoms with van der Waals surface area (Å²) in [5.41, 5.74) is 4.04. The fourth-order valence-corrected chi connectivity index (χ4v) is 4.98. The van der Waals surface area contributed by atoms with Gasteiger partial charge in [-0.3, -0.25) is 4.79 Å². The molecule has 0 radical (unpaired) electrons. The van der Waals surface area contributed by atoms with Crippen molar-refractivity contribution in [1.82, 2.24) is 4.31 Å². The lowest BCUT2D eigenvalue weighted by Crippen LogP contribution is -2.37. The number of hydrogen-bond donors (Lipinski definition) is 1. The highest BCUT2D eigenvalue weighted by Gasteiger charge is 2.27. The molecule has 1 N–H and O–H groups in total. The number of hydrogen-bond acceptors (Lipinski definition) is 3. The van der Waals surface area contributed by atoms with Crippen LogP contribution in [0.1, 0.15) is 22.3 Å². The van der Waals surface area contributed by atoms with Gasteiger partial charge in [-0.15, -0.1) is 0 Å². The van der Waals surface area contributed by atoms with Gasteiger partial charge >= 0.3 is 0 Å². The summed E-state index contributed by atoms with van der Waals surface area (Å²) in [5.74, 6) is -0.432. The number of sulfonamides is 1. The molecule has 168 valence electrons. The zero-order valence-electron chi connectivity index (χ0n) is 18.0. The Kier molecular flexibility index (Phi) is 7.62. The van der Waals surface area contributed by atoms with Gasteiger partial charge in [-0.2, -0.15) is 4.31 Å². The quantitative estimate of drug-likeness (QED) is 0.458. The number of carbonyl (C=O) groups is 1. The predicted molar refractivity (Wildman–Crippen MR) is 130 cm³/mol. The Balaban J connectivity index is 1.93. The minimum atomic E-state index is -3.95. The van der Waals surface area contributed by atoms with Crippen LogP contribution in [0.15, 0.2) is 65.6 Å². The van der Waals surface area contributed by atoms with E-state index in [0.717, 1.165) is 21.0 Å². The first-order valence-corrected chi connectivity index (χ1v) is 12.1. The van der Waals surface area contributed by atoms with Crippen LogP contribution in [-0.4, -0.2) is 25.2 Å². The minimum absolute atomic E-state index is 0.0345. The minimum Gasteiger partial charge on any atom is -0.324 e. The van der Waals surface area contributed by atoms with Crippen molar-refractivity contribution in [2.45, 2.75) is 32.2 Å². The van der Waals surface area contributed by atoms with Crippen LogP contribution in [0.5, 0.6) is 0 Å². The highest BCUT2D eigenvalue weighted by molar-refractivity contribution is 7.89. The Labute approximate surface area is 199 Å². The lowest BCUT2D eigenvalue weighted by molar-refractivity contribution is -0.116. The van der Waals surface area contributed by atoms with E-state index in [9.17, 15) is 13.2 Å². The average Bonchev–Trinajstić information content (AvgIpc) is 2.73. The molecule has 0 aromatic heterocycles. The van der Waals surface area contributed by atoms with E-state index in [1.807, 2.05) is 39.0 Å². The molecular weight excluding hydrogens is 467 g/mol. The third-order valence-corrected chi connectivity index (χ3v) is 7.61. The Morgan fingerprint density at radius 2 is 1.53 bits per heavy atom. The summed E-state index contributed by atoms with van der Waals surface area (Å²) in [5, 5.41) is 3.54. The van der Waals surface area contributed by atoms with E-state index in [2.05, 4.69) is 5.32 Å². The smallest absolute Gasteiger partial charge is 0.243 e. The molecule has 3 rings (SSSR count). The van der Waals surface area contributed by atoms with Gasteiger partial charge in [0.25, 0.3) is 0 Å². The zero-order chi connectivity index (χ0) is 23.5. The number of anilines is 1. The van der Waals surface area contributed by atoms with Gasteiger partial charge in [0, 0.05) is 12.2 Å². The fourth-order valence-electron chi connectivity index (χ4n) is 3.28. The Bertz CT molecular complexity index is 1220. The topological polar surface area (TPSA) is 66.5 Å². The second-order valence-corrected chi connectivity index (χ2v) is 10.4. The van der Waals surface area contributed by atoms with Gasteiger partial charge in [0.1, 0.15) is 0 Å². The number of benzene rings is 3. The van der Waals surface area contributed by atoms with Crippen LogP contribution in [-0.2, 0) is 21.4 Å². The summed E-state index contributed by atoms with van der Waals surface area (Å²) in [6.07, 6.45) is 0.